The second-order valence-corrected chi connectivity index (χ2v) is 5.61. The number of amides is 2. The number of hydrogen-bond acceptors (Lipinski definition) is 3. The van der Waals surface area contributed by atoms with E-state index in [1.165, 1.54) is 0 Å². The molecule has 1 aromatic rings. The first kappa shape index (κ1) is 12.6. The van der Waals surface area contributed by atoms with E-state index in [1.54, 1.807) is 4.90 Å². The molecule has 19 heavy (non-hydrogen) atoms. The Morgan fingerprint density at radius 2 is 2.00 bits per heavy atom. The monoisotopic (exact) mass is 323 g/mol. The van der Waals surface area contributed by atoms with Crippen LogP contribution in [0.15, 0.2) is 28.7 Å². The van der Waals surface area contributed by atoms with Crippen molar-refractivity contribution in [1.82, 2.24) is 15.5 Å². The van der Waals surface area contributed by atoms with Crippen molar-refractivity contribution in [3.8, 4) is 0 Å². The van der Waals surface area contributed by atoms with Gasteiger partial charge >= 0.3 is 0 Å². The molecule has 5 nitrogen and oxygen atoms in total. The van der Waals surface area contributed by atoms with E-state index in [4.69, 9.17) is 0 Å². The van der Waals surface area contributed by atoms with Gasteiger partial charge in [-0.2, -0.15) is 0 Å². The topological polar surface area (TPSA) is 61.4 Å². The first-order valence-corrected chi connectivity index (χ1v) is 7.02. The van der Waals surface area contributed by atoms with Crippen molar-refractivity contribution >= 4 is 27.7 Å². The number of halogens is 1. The summed E-state index contributed by atoms with van der Waals surface area (Å²) in [4.78, 5) is 26.1. The van der Waals surface area contributed by atoms with Crippen molar-refractivity contribution in [2.75, 3.05) is 19.6 Å². The fourth-order valence-electron chi connectivity index (χ4n) is 2.69. The van der Waals surface area contributed by atoms with E-state index in [0.29, 0.717) is 19.6 Å². The number of carbonyl (C=O) groups excluding carboxylic acids is 2. The molecule has 2 aliphatic heterocycles. The third-order valence-electron chi connectivity index (χ3n) is 3.58. The number of fused-ring (bicyclic) bond motifs is 1. The van der Waals surface area contributed by atoms with Crippen LogP contribution >= 0.6 is 15.9 Å². The van der Waals surface area contributed by atoms with Crippen LogP contribution in [-0.2, 0) is 9.59 Å². The van der Waals surface area contributed by atoms with Crippen molar-refractivity contribution < 1.29 is 9.59 Å². The molecule has 2 heterocycles. The highest BCUT2D eigenvalue weighted by atomic mass is 79.9. The van der Waals surface area contributed by atoms with Crippen molar-refractivity contribution in [2.24, 2.45) is 0 Å². The highest BCUT2D eigenvalue weighted by Crippen LogP contribution is 2.32. The molecule has 3 rings (SSSR count). The third kappa shape index (κ3) is 2.15. The maximum Gasteiger partial charge on any atom is 0.247 e. The molecule has 0 radical (unpaired) electrons. The zero-order valence-corrected chi connectivity index (χ0v) is 11.8. The maximum absolute atomic E-state index is 12.2. The van der Waals surface area contributed by atoms with E-state index in [1.807, 2.05) is 24.3 Å². The minimum absolute atomic E-state index is 0.0214. The Morgan fingerprint density at radius 1 is 1.21 bits per heavy atom. The number of benzene rings is 1. The summed E-state index contributed by atoms with van der Waals surface area (Å²) in [6, 6.07) is 7.03. The minimum atomic E-state index is -0.538. The van der Waals surface area contributed by atoms with Crippen molar-refractivity contribution in [2.45, 2.75) is 12.1 Å². The zero-order valence-electron chi connectivity index (χ0n) is 10.2. The highest BCUT2D eigenvalue weighted by molar-refractivity contribution is 9.10. The van der Waals surface area contributed by atoms with E-state index in [0.717, 1.165) is 10.0 Å². The Labute approximate surface area is 119 Å². The molecule has 0 aliphatic carbocycles. The summed E-state index contributed by atoms with van der Waals surface area (Å²) < 4.78 is 0.849. The van der Waals surface area contributed by atoms with Gasteiger partial charge in [0.15, 0.2) is 0 Å². The quantitative estimate of drug-likeness (QED) is 0.787. The van der Waals surface area contributed by atoms with Crippen LogP contribution in [0.4, 0.5) is 0 Å². The van der Waals surface area contributed by atoms with Crippen molar-refractivity contribution in [3.05, 3.63) is 34.3 Å². The van der Waals surface area contributed by atoms with Crippen molar-refractivity contribution in [1.29, 1.82) is 0 Å². The van der Waals surface area contributed by atoms with Gasteiger partial charge in [0.2, 0.25) is 11.8 Å². The first-order chi connectivity index (χ1) is 9.18. The molecule has 2 saturated heterocycles. The lowest BCUT2D eigenvalue weighted by atomic mass is 9.97. The second-order valence-electron chi connectivity index (χ2n) is 4.75. The van der Waals surface area contributed by atoms with Gasteiger partial charge < -0.3 is 15.5 Å². The second kappa shape index (κ2) is 4.94. The Kier molecular flexibility index (Phi) is 3.28. The van der Waals surface area contributed by atoms with Crippen LogP contribution in [0.25, 0.3) is 0 Å². The van der Waals surface area contributed by atoms with Crippen LogP contribution in [-0.4, -0.2) is 42.4 Å². The summed E-state index contributed by atoms with van der Waals surface area (Å²) in [7, 11) is 0. The normalized spacial score (nSPS) is 26.9. The van der Waals surface area contributed by atoms with Gasteiger partial charge in [-0.1, -0.05) is 34.1 Å². The van der Waals surface area contributed by atoms with Gasteiger partial charge in [0.25, 0.3) is 0 Å². The van der Waals surface area contributed by atoms with E-state index in [-0.39, 0.29) is 17.9 Å². The number of rotatable bonds is 1. The molecule has 2 unspecified atom stereocenters. The summed E-state index contributed by atoms with van der Waals surface area (Å²) in [5.41, 5.74) is 0.833. The molecule has 0 spiro atoms. The summed E-state index contributed by atoms with van der Waals surface area (Å²) >= 11 is 3.46. The van der Waals surface area contributed by atoms with E-state index in [2.05, 4.69) is 26.6 Å². The van der Waals surface area contributed by atoms with Gasteiger partial charge in [0.05, 0.1) is 12.6 Å². The Morgan fingerprint density at radius 3 is 2.79 bits per heavy atom. The van der Waals surface area contributed by atoms with Crippen LogP contribution in [0.2, 0.25) is 0 Å². The van der Waals surface area contributed by atoms with E-state index < -0.39 is 6.04 Å². The molecule has 2 atom stereocenters. The predicted octanol–water partition coefficient (Wildman–Crippen LogP) is 0.420. The molecule has 2 amide bonds. The average Bonchev–Trinajstić information content (AvgIpc) is 2.41. The zero-order chi connectivity index (χ0) is 13.4. The summed E-state index contributed by atoms with van der Waals surface area (Å²) in [6.45, 7) is 1.52. The predicted molar refractivity (Wildman–Crippen MR) is 73.4 cm³/mol. The maximum atomic E-state index is 12.2. The molecular weight excluding hydrogens is 310 g/mol. The molecule has 0 bridgehead atoms. The first-order valence-electron chi connectivity index (χ1n) is 6.22. The fraction of sp³-hybridized carbons (Fsp3) is 0.385. The van der Waals surface area contributed by atoms with Crippen LogP contribution in [0.5, 0.6) is 0 Å². The summed E-state index contributed by atoms with van der Waals surface area (Å²) in [6.07, 6.45) is 0. The van der Waals surface area contributed by atoms with Crippen LogP contribution in [0.3, 0.4) is 0 Å². The lowest BCUT2D eigenvalue weighted by Gasteiger charge is -2.44. The Hall–Kier alpha value is -1.40. The highest BCUT2D eigenvalue weighted by Gasteiger charge is 2.42. The smallest absolute Gasteiger partial charge is 0.247 e. The fourth-order valence-corrected chi connectivity index (χ4v) is 3.20. The third-order valence-corrected chi connectivity index (χ3v) is 4.30. The largest absolute Gasteiger partial charge is 0.352 e. The molecule has 100 valence electrons. The molecule has 2 N–H and O–H groups in total. The summed E-state index contributed by atoms with van der Waals surface area (Å²) in [5, 5.41) is 5.96. The Balaban J connectivity index is 2.03. The van der Waals surface area contributed by atoms with Gasteiger partial charge in [0, 0.05) is 17.6 Å². The molecule has 2 fully saturated rings. The molecule has 2 aliphatic rings. The van der Waals surface area contributed by atoms with Crippen molar-refractivity contribution in [3.63, 3.8) is 0 Å². The number of carbonyl (C=O) groups is 2. The number of hydrogen-bond donors (Lipinski definition) is 2. The van der Waals surface area contributed by atoms with Gasteiger partial charge in [0.1, 0.15) is 6.04 Å². The van der Waals surface area contributed by atoms with Gasteiger partial charge in [-0.25, -0.2) is 0 Å². The van der Waals surface area contributed by atoms with E-state index in [9.17, 15) is 9.59 Å². The van der Waals surface area contributed by atoms with E-state index >= 15 is 0 Å². The van der Waals surface area contributed by atoms with Gasteiger partial charge in [-0.3, -0.25) is 9.59 Å². The minimum Gasteiger partial charge on any atom is -0.352 e. The molecular formula is C13H14BrN3O2. The molecule has 1 aromatic carbocycles. The van der Waals surface area contributed by atoms with Crippen LogP contribution < -0.4 is 10.6 Å². The average molecular weight is 324 g/mol. The molecule has 0 saturated carbocycles. The van der Waals surface area contributed by atoms with Gasteiger partial charge in [-0.15, -0.1) is 0 Å². The molecule has 6 heteroatoms. The SMILES string of the molecule is O=C1NCC2CNCC(=O)N2C1c1ccccc1Br. The van der Waals surface area contributed by atoms with Crippen LogP contribution in [0, 0.1) is 0 Å². The Bertz CT molecular complexity index is 534. The summed E-state index contributed by atoms with van der Waals surface area (Å²) in [5.74, 6) is -0.134. The lowest BCUT2D eigenvalue weighted by Crippen LogP contribution is -2.65. The van der Waals surface area contributed by atoms with Gasteiger partial charge in [-0.05, 0) is 11.6 Å². The lowest BCUT2D eigenvalue weighted by molar-refractivity contribution is -0.148. The number of nitrogens with one attached hydrogen (secondary N) is 2. The number of nitrogens with zero attached hydrogens (tertiary/aromatic N) is 1. The number of piperazine rings is 2. The molecule has 0 aromatic heterocycles. The standard InChI is InChI=1S/C13H14BrN3O2/c14-10-4-2-1-3-9(10)12-13(19)16-6-8-5-15-7-11(18)17(8)12/h1-4,8,12,15H,5-7H2,(H,16,19). The van der Waals surface area contributed by atoms with Crippen LogP contribution in [0.1, 0.15) is 11.6 Å².